The first-order valence-corrected chi connectivity index (χ1v) is 11.1. The van der Waals surface area contributed by atoms with Gasteiger partial charge in [0.1, 0.15) is 6.10 Å². The monoisotopic (exact) mass is 480 g/mol. The van der Waals surface area contributed by atoms with Gasteiger partial charge in [0.2, 0.25) is 0 Å². The molecule has 2 aromatic carbocycles. The summed E-state index contributed by atoms with van der Waals surface area (Å²) >= 11 is 0. The summed E-state index contributed by atoms with van der Waals surface area (Å²) in [7, 11) is -6.29. The molecular formula is C21H21F5O5S. The van der Waals surface area contributed by atoms with Crippen LogP contribution >= 0.6 is 0 Å². The van der Waals surface area contributed by atoms with E-state index in [0.717, 1.165) is 0 Å². The van der Waals surface area contributed by atoms with E-state index in [-0.39, 0.29) is 19.6 Å². The number of alkyl halides is 5. The number of hydrogen-bond donors (Lipinski definition) is 0. The molecule has 2 aromatic rings. The van der Waals surface area contributed by atoms with Crippen LogP contribution in [0.5, 0.6) is 0 Å². The van der Waals surface area contributed by atoms with Gasteiger partial charge < -0.3 is 9.47 Å². The average Bonchev–Trinajstić information content (AvgIpc) is 2.74. The summed E-state index contributed by atoms with van der Waals surface area (Å²) < 4.78 is 106. The Balaban J connectivity index is 1.86. The Morgan fingerprint density at radius 3 is 1.88 bits per heavy atom. The molecule has 0 N–H and O–H groups in total. The first-order chi connectivity index (χ1) is 15.0. The quantitative estimate of drug-likeness (QED) is 0.308. The molecule has 32 heavy (non-hydrogen) atoms. The molecule has 11 heteroatoms. The highest BCUT2D eigenvalue weighted by Crippen LogP contribution is 2.41. The van der Waals surface area contributed by atoms with Crippen molar-refractivity contribution < 1.29 is 44.0 Å². The molecule has 0 aliphatic heterocycles. The third-order valence-corrected chi connectivity index (χ3v) is 5.98. The lowest BCUT2D eigenvalue weighted by molar-refractivity contribution is -0.226. The highest BCUT2D eigenvalue weighted by Gasteiger charge is 2.59. The van der Waals surface area contributed by atoms with Crippen LogP contribution in [0, 0.1) is 0 Å². The molecule has 176 valence electrons. The Bertz CT molecular complexity index is 967. The third-order valence-electron chi connectivity index (χ3n) is 4.95. The number of benzene rings is 2. The zero-order valence-electron chi connectivity index (χ0n) is 16.7. The van der Waals surface area contributed by atoms with E-state index in [1.54, 1.807) is 60.7 Å². The SMILES string of the molecule is O=S(=O)(O[C@H]1[C@H](OCc2ccccc2)[C@@H](OCc2ccccc2)CCC1(F)F)C(F)(F)F. The van der Waals surface area contributed by atoms with Gasteiger partial charge in [-0.25, -0.2) is 8.78 Å². The Kier molecular flexibility index (Phi) is 7.53. The van der Waals surface area contributed by atoms with Gasteiger partial charge >= 0.3 is 15.6 Å². The highest BCUT2D eigenvalue weighted by atomic mass is 32.2. The van der Waals surface area contributed by atoms with E-state index in [2.05, 4.69) is 4.18 Å². The summed E-state index contributed by atoms with van der Waals surface area (Å²) in [5, 5.41) is 0. The highest BCUT2D eigenvalue weighted by molar-refractivity contribution is 7.87. The second-order valence-corrected chi connectivity index (χ2v) is 8.88. The third kappa shape index (κ3) is 6.03. The van der Waals surface area contributed by atoms with Crippen molar-refractivity contribution in [2.45, 2.75) is 55.8 Å². The smallest absolute Gasteiger partial charge is 0.371 e. The fraction of sp³-hybridized carbons (Fsp3) is 0.429. The molecule has 0 amide bonds. The van der Waals surface area contributed by atoms with Crippen LogP contribution < -0.4 is 0 Å². The van der Waals surface area contributed by atoms with Crippen LogP contribution in [0.1, 0.15) is 24.0 Å². The summed E-state index contributed by atoms with van der Waals surface area (Å²) in [5.74, 6) is -3.88. The van der Waals surface area contributed by atoms with E-state index in [1.807, 2.05) is 0 Å². The number of halogens is 5. The van der Waals surface area contributed by atoms with Crippen molar-refractivity contribution in [3.05, 3.63) is 71.8 Å². The molecule has 0 radical (unpaired) electrons. The predicted octanol–water partition coefficient (Wildman–Crippen LogP) is 4.82. The largest absolute Gasteiger partial charge is 0.523 e. The van der Waals surface area contributed by atoms with E-state index in [9.17, 15) is 30.4 Å². The molecule has 3 atom stereocenters. The minimum absolute atomic E-state index is 0.0268. The number of ether oxygens (including phenoxy) is 2. The van der Waals surface area contributed by atoms with Crippen molar-refractivity contribution in [3.63, 3.8) is 0 Å². The fourth-order valence-corrected chi connectivity index (χ4v) is 3.94. The molecule has 0 heterocycles. The molecule has 0 unspecified atom stereocenters. The van der Waals surface area contributed by atoms with E-state index >= 15 is 0 Å². The van der Waals surface area contributed by atoms with Gasteiger partial charge in [0.05, 0.1) is 19.3 Å². The average molecular weight is 480 g/mol. The van der Waals surface area contributed by atoms with Crippen molar-refractivity contribution in [2.75, 3.05) is 0 Å². The van der Waals surface area contributed by atoms with Gasteiger partial charge in [-0.15, -0.1) is 0 Å². The fourth-order valence-electron chi connectivity index (χ4n) is 3.31. The zero-order chi connectivity index (χ0) is 23.4. The van der Waals surface area contributed by atoms with Gasteiger partial charge in [0.15, 0.2) is 6.10 Å². The lowest BCUT2D eigenvalue weighted by atomic mass is 9.88. The van der Waals surface area contributed by atoms with Gasteiger partial charge in [0.25, 0.3) is 5.92 Å². The first kappa shape index (κ1) is 24.6. The zero-order valence-corrected chi connectivity index (χ0v) is 17.5. The van der Waals surface area contributed by atoms with Gasteiger partial charge in [-0.05, 0) is 17.5 Å². The maximum Gasteiger partial charge on any atom is 0.523 e. The Morgan fingerprint density at radius 2 is 1.38 bits per heavy atom. The van der Waals surface area contributed by atoms with Crippen molar-refractivity contribution >= 4 is 10.1 Å². The van der Waals surface area contributed by atoms with Crippen LogP contribution in [-0.2, 0) is 37.0 Å². The summed E-state index contributed by atoms with van der Waals surface area (Å²) in [6.07, 6.45) is -6.76. The van der Waals surface area contributed by atoms with Crippen LogP contribution in [0.4, 0.5) is 22.0 Å². The molecule has 1 fully saturated rings. The molecule has 0 aromatic heterocycles. The Morgan fingerprint density at radius 1 is 0.875 bits per heavy atom. The van der Waals surface area contributed by atoms with Crippen molar-refractivity contribution in [1.29, 1.82) is 0 Å². The molecule has 1 aliphatic carbocycles. The standard InChI is InChI=1S/C21H21F5O5S/c22-20(23)12-11-17(29-13-15-7-3-1-4-8-15)18(30-14-16-9-5-2-6-10-16)19(20)31-32(27,28)21(24,25)26/h1-10,17-19H,11-14H2/t17-,18+,19-/m0/s1. The lowest BCUT2D eigenvalue weighted by Crippen LogP contribution is -2.57. The minimum Gasteiger partial charge on any atom is -0.371 e. The maximum absolute atomic E-state index is 14.6. The van der Waals surface area contributed by atoms with Crippen LogP contribution in [0.25, 0.3) is 0 Å². The van der Waals surface area contributed by atoms with E-state index in [1.165, 1.54) is 0 Å². The summed E-state index contributed by atoms with van der Waals surface area (Å²) in [5.41, 5.74) is -4.60. The Labute approximate surface area is 182 Å². The van der Waals surface area contributed by atoms with Crippen LogP contribution in [0.3, 0.4) is 0 Å². The summed E-state index contributed by atoms with van der Waals surface area (Å²) in [6, 6.07) is 17.0. The number of rotatable bonds is 8. The molecular weight excluding hydrogens is 459 g/mol. The van der Waals surface area contributed by atoms with Crippen molar-refractivity contribution in [1.82, 2.24) is 0 Å². The van der Waals surface area contributed by atoms with Gasteiger partial charge in [-0.1, -0.05) is 60.7 Å². The summed E-state index contributed by atoms with van der Waals surface area (Å²) in [4.78, 5) is 0. The molecule has 5 nitrogen and oxygen atoms in total. The lowest BCUT2D eigenvalue weighted by Gasteiger charge is -2.41. The van der Waals surface area contributed by atoms with Crippen molar-refractivity contribution in [3.8, 4) is 0 Å². The van der Waals surface area contributed by atoms with Gasteiger partial charge in [-0.2, -0.15) is 21.6 Å². The first-order valence-electron chi connectivity index (χ1n) is 9.68. The predicted molar refractivity (Wildman–Crippen MR) is 104 cm³/mol. The Hall–Kier alpha value is -2.08. The topological polar surface area (TPSA) is 61.8 Å². The van der Waals surface area contributed by atoms with E-state index in [4.69, 9.17) is 9.47 Å². The normalized spacial score (nSPS) is 23.7. The molecule has 1 saturated carbocycles. The summed E-state index contributed by atoms with van der Waals surface area (Å²) in [6.45, 7) is -0.278. The molecule has 0 saturated heterocycles. The van der Waals surface area contributed by atoms with Crippen molar-refractivity contribution in [2.24, 2.45) is 0 Å². The second kappa shape index (κ2) is 9.82. The molecule has 0 spiro atoms. The van der Waals surface area contributed by atoms with Gasteiger partial charge in [0, 0.05) is 6.42 Å². The van der Waals surface area contributed by atoms with Crippen LogP contribution in [0.15, 0.2) is 60.7 Å². The van der Waals surface area contributed by atoms with Crippen LogP contribution in [-0.4, -0.2) is 38.2 Å². The maximum atomic E-state index is 14.6. The minimum atomic E-state index is -6.29. The second-order valence-electron chi connectivity index (χ2n) is 7.31. The molecule has 3 rings (SSSR count). The van der Waals surface area contributed by atoms with Gasteiger partial charge in [-0.3, -0.25) is 4.18 Å². The van der Waals surface area contributed by atoms with E-state index < -0.39 is 46.3 Å². The molecule has 1 aliphatic rings. The van der Waals surface area contributed by atoms with Crippen LogP contribution in [0.2, 0.25) is 0 Å². The number of hydrogen-bond acceptors (Lipinski definition) is 5. The van der Waals surface area contributed by atoms with E-state index in [0.29, 0.717) is 11.1 Å². The molecule has 0 bridgehead atoms.